The minimum atomic E-state index is -3.69. The van der Waals surface area contributed by atoms with Crippen molar-refractivity contribution in [2.75, 3.05) is 0 Å². The molecule has 0 bridgehead atoms. The highest BCUT2D eigenvalue weighted by Crippen LogP contribution is 2.34. The van der Waals surface area contributed by atoms with Crippen molar-refractivity contribution in [3.63, 3.8) is 0 Å². The van der Waals surface area contributed by atoms with Crippen LogP contribution in [0.3, 0.4) is 0 Å². The normalized spacial score (nSPS) is 15.7. The van der Waals surface area contributed by atoms with Gasteiger partial charge in [-0.15, -0.1) is 11.3 Å². The maximum absolute atomic E-state index is 12.6. The Labute approximate surface area is 120 Å². The summed E-state index contributed by atoms with van der Waals surface area (Å²) in [6.45, 7) is 0.349. The van der Waals surface area contributed by atoms with E-state index in [4.69, 9.17) is 4.42 Å². The molecule has 1 saturated carbocycles. The lowest BCUT2D eigenvalue weighted by atomic mass is 10.4. The van der Waals surface area contributed by atoms with Crippen molar-refractivity contribution in [2.24, 2.45) is 0 Å². The Hall–Kier alpha value is -1.44. The second kappa shape index (κ2) is 5.16. The molecule has 5 nitrogen and oxygen atoms in total. The van der Waals surface area contributed by atoms with Gasteiger partial charge in [0, 0.05) is 17.5 Å². The number of nitrogens with zero attached hydrogens (tertiary/aromatic N) is 1. The first-order valence-electron chi connectivity index (χ1n) is 6.20. The first-order chi connectivity index (χ1) is 9.61. The molecule has 1 aliphatic rings. The van der Waals surface area contributed by atoms with Crippen LogP contribution in [0.1, 0.15) is 28.3 Å². The Morgan fingerprint density at radius 1 is 1.35 bits per heavy atom. The van der Waals surface area contributed by atoms with Crippen molar-refractivity contribution in [3.05, 3.63) is 40.3 Å². The average molecular weight is 311 g/mol. The van der Waals surface area contributed by atoms with E-state index in [9.17, 15) is 13.2 Å². The second-order valence-electron chi connectivity index (χ2n) is 4.64. The number of carbonyl (C=O) groups excluding carboxylic acids is 1. The van der Waals surface area contributed by atoms with Gasteiger partial charge in [0.2, 0.25) is 5.09 Å². The molecule has 3 rings (SSSR count). The summed E-state index contributed by atoms with van der Waals surface area (Å²) in [5.41, 5.74) is 0. The van der Waals surface area contributed by atoms with Crippen LogP contribution in [0.4, 0.5) is 0 Å². The average Bonchev–Trinajstić information content (AvgIpc) is 2.96. The molecule has 1 aliphatic carbocycles. The highest BCUT2D eigenvalue weighted by atomic mass is 32.2. The maximum Gasteiger partial charge on any atom is 0.277 e. The molecule has 0 saturated heterocycles. The van der Waals surface area contributed by atoms with Crippen molar-refractivity contribution in [1.82, 2.24) is 4.31 Å². The number of furan rings is 1. The van der Waals surface area contributed by atoms with E-state index in [0.29, 0.717) is 12.8 Å². The quantitative estimate of drug-likeness (QED) is 0.769. The van der Waals surface area contributed by atoms with Gasteiger partial charge in [0.15, 0.2) is 12.0 Å². The van der Waals surface area contributed by atoms with Crippen LogP contribution in [-0.2, 0) is 16.6 Å². The highest BCUT2D eigenvalue weighted by molar-refractivity contribution is 7.89. The number of sulfonamides is 1. The van der Waals surface area contributed by atoms with Gasteiger partial charge >= 0.3 is 0 Å². The van der Waals surface area contributed by atoms with Crippen LogP contribution in [-0.4, -0.2) is 25.1 Å². The van der Waals surface area contributed by atoms with Crippen LogP contribution in [0.25, 0.3) is 0 Å². The van der Waals surface area contributed by atoms with Crippen LogP contribution in [0.5, 0.6) is 0 Å². The summed E-state index contributed by atoms with van der Waals surface area (Å²) in [5, 5.41) is 1.76. The zero-order valence-electron chi connectivity index (χ0n) is 10.6. The predicted octanol–water partition coefficient (Wildman–Crippen LogP) is 2.51. The van der Waals surface area contributed by atoms with Crippen LogP contribution in [0.15, 0.2) is 39.2 Å². The second-order valence-corrected chi connectivity index (χ2v) is 7.49. The third kappa shape index (κ3) is 2.56. The summed E-state index contributed by atoms with van der Waals surface area (Å²) in [6, 6.07) is 6.55. The molecule has 0 atom stereocenters. The minimum Gasteiger partial charge on any atom is -0.440 e. The topological polar surface area (TPSA) is 67.6 Å². The molecule has 20 heavy (non-hydrogen) atoms. The van der Waals surface area contributed by atoms with Crippen molar-refractivity contribution in [3.8, 4) is 0 Å². The summed E-state index contributed by atoms with van der Waals surface area (Å²) >= 11 is 1.52. The summed E-state index contributed by atoms with van der Waals surface area (Å²) in [6.07, 6.45) is 2.23. The number of hydrogen-bond donors (Lipinski definition) is 0. The fourth-order valence-electron chi connectivity index (χ4n) is 1.98. The molecule has 2 aromatic rings. The van der Waals surface area contributed by atoms with E-state index < -0.39 is 10.0 Å². The van der Waals surface area contributed by atoms with Crippen molar-refractivity contribution in [2.45, 2.75) is 30.5 Å². The van der Waals surface area contributed by atoms with Crippen LogP contribution in [0, 0.1) is 0 Å². The van der Waals surface area contributed by atoms with Gasteiger partial charge in [0.25, 0.3) is 10.0 Å². The van der Waals surface area contributed by atoms with Crippen LogP contribution in [0.2, 0.25) is 0 Å². The van der Waals surface area contributed by atoms with E-state index in [1.807, 2.05) is 17.5 Å². The fourth-order valence-corrected chi connectivity index (χ4v) is 4.35. The summed E-state index contributed by atoms with van der Waals surface area (Å²) < 4.78 is 31.7. The summed E-state index contributed by atoms with van der Waals surface area (Å²) in [4.78, 5) is 11.6. The Morgan fingerprint density at radius 3 is 2.70 bits per heavy atom. The highest BCUT2D eigenvalue weighted by Gasteiger charge is 2.39. The van der Waals surface area contributed by atoms with E-state index in [1.165, 1.54) is 27.8 Å². The van der Waals surface area contributed by atoms with Gasteiger partial charge in [0.05, 0.1) is 0 Å². The Morgan fingerprint density at radius 2 is 2.15 bits per heavy atom. The van der Waals surface area contributed by atoms with Crippen LogP contribution < -0.4 is 0 Å². The minimum absolute atomic E-state index is 0.0236. The van der Waals surface area contributed by atoms with E-state index >= 15 is 0 Å². The predicted molar refractivity (Wildman–Crippen MR) is 74.2 cm³/mol. The fraction of sp³-hybridized carbons (Fsp3) is 0.308. The van der Waals surface area contributed by atoms with E-state index in [-0.39, 0.29) is 16.9 Å². The molecule has 0 spiro atoms. The number of thiophene rings is 1. The number of rotatable bonds is 6. The van der Waals surface area contributed by atoms with Crippen molar-refractivity contribution in [1.29, 1.82) is 0 Å². The Bertz CT molecular complexity index is 699. The standard InChI is InChI=1S/C13H13NO4S2/c15-9-11-5-6-13(18-11)20(16,17)14(10-3-4-10)8-12-2-1-7-19-12/h1-2,5-7,9-10H,3-4,8H2. The molecule has 0 aliphatic heterocycles. The van der Waals surface area contributed by atoms with E-state index in [2.05, 4.69) is 0 Å². The molecular formula is C13H13NO4S2. The van der Waals surface area contributed by atoms with Gasteiger partial charge in [-0.3, -0.25) is 4.79 Å². The molecular weight excluding hydrogens is 298 g/mol. The molecule has 0 aromatic carbocycles. The third-order valence-electron chi connectivity index (χ3n) is 3.13. The van der Waals surface area contributed by atoms with Crippen molar-refractivity contribution >= 4 is 27.6 Å². The molecule has 2 aromatic heterocycles. The molecule has 106 valence electrons. The van der Waals surface area contributed by atoms with E-state index in [0.717, 1.165) is 17.7 Å². The molecule has 1 fully saturated rings. The zero-order chi connectivity index (χ0) is 14.2. The molecule has 0 unspecified atom stereocenters. The Kier molecular flexibility index (Phi) is 3.49. The molecule has 0 N–H and O–H groups in total. The summed E-state index contributed by atoms with van der Waals surface area (Å²) in [5.74, 6) is 0.0236. The number of hydrogen-bond acceptors (Lipinski definition) is 5. The summed E-state index contributed by atoms with van der Waals surface area (Å²) in [7, 11) is -3.69. The van der Waals surface area contributed by atoms with Crippen LogP contribution >= 0.6 is 11.3 Å². The lowest BCUT2D eigenvalue weighted by Crippen LogP contribution is -2.32. The Balaban J connectivity index is 1.91. The van der Waals surface area contributed by atoms with Gasteiger partial charge < -0.3 is 4.42 Å². The molecule has 2 heterocycles. The zero-order valence-corrected chi connectivity index (χ0v) is 12.2. The number of carbonyl (C=O) groups is 1. The molecule has 0 radical (unpaired) electrons. The molecule has 7 heteroatoms. The first kappa shape index (κ1) is 13.5. The van der Waals surface area contributed by atoms with Gasteiger partial charge in [-0.25, -0.2) is 8.42 Å². The lowest BCUT2D eigenvalue weighted by molar-refractivity contribution is 0.109. The van der Waals surface area contributed by atoms with Gasteiger partial charge in [0.1, 0.15) is 0 Å². The van der Waals surface area contributed by atoms with Crippen molar-refractivity contribution < 1.29 is 17.6 Å². The van der Waals surface area contributed by atoms with Gasteiger partial charge in [-0.05, 0) is 36.4 Å². The molecule has 0 amide bonds. The SMILES string of the molecule is O=Cc1ccc(S(=O)(=O)N(Cc2cccs2)C2CC2)o1. The van der Waals surface area contributed by atoms with Gasteiger partial charge in [-0.2, -0.15) is 4.31 Å². The number of aldehydes is 1. The van der Waals surface area contributed by atoms with Gasteiger partial charge in [-0.1, -0.05) is 6.07 Å². The maximum atomic E-state index is 12.6. The largest absolute Gasteiger partial charge is 0.440 e. The lowest BCUT2D eigenvalue weighted by Gasteiger charge is -2.19. The third-order valence-corrected chi connectivity index (χ3v) is 5.76. The van der Waals surface area contributed by atoms with E-state index in [1.54, 1.807) is 0 Å². The smallest absolute Gasteiger partial charge is 0.277 e. The first-order valence-corrected chi connectivity index (χ1v) is 8.52. The monoisotopic (exact) mass is 311 g/mol.